The minimum absolute atomic E-state index is 0.210. The molecular weight excluding hydrogens is 272 g/mol. The Morgan fingerprint density at radius 3 is 2.89 bits per heavy atom. The molecular formula is C11H11ClN4OS. The lowest BCUT2D eigenvalue weighted by molar-refractivity contribution is 0.0780. The van der Waals surface area contributed by atoms with Gasteiger partial charge in [-0.3, -0.25) is 9.78 Å². The van der Waals surface area contributed by atoms with Crippen LogP contribution in [-0.2, 0) is 6.54 Å². The van der Waals surface area contributed by atoms with Crippen LogP contribution in [-0.4, -0.2) is 32.8 Å². The zero-order valence-electron chi connectivity index (χ0n) is 9.92. The molecule has 0 aliphatic rings. The molecule has 0 saturated heterocycles. The van der Waals surface area contributed by atoms with Gasteiger partial charge in [-0.1, -0.05) is 11.6 Å². The fourth-order valence-electron chi connectivity index (χ4n) is 1.41. The highest BCUT2D eigenvalue weighted by Gasteiger charge is 2.15. The molecule has 0 aromatic carbocycles. The van der Waals surface area contributed by atoms with Crippen molar-refractivity contribution in [2.45, 2.75) is 13.5 Å². The number of nitrogens with zero attached hydrogens (tertiary/aromatic N) is 4. The molecule has 0 unspecified atom stereocenters. The lowest BCUT2D eigenvalue weighted by Gasteiger charge is -2.15. The first-order valence-electron chi connectivity index (χ1n) is 5.20. The molecule has 7 heteroatoms. The van der Waals surface area contributed by atoms with Crippen molar-refractivity contribution in [1.29, 1.82) is 0 Å². The molecule has 2 aromatic heterocycles. The van der Waals surface area contributed by atoms with Crippen molar-refractivity contribution < 1.29 is 4.79 Å². The number of rotatable bonds is 3. The monoisotopic (exact) mass is 282 g/mol. The van der Waals surface area contributed by atoms with Gasteiger partial charge >= 0.3 is 0 Å². The van der Waals surface area contributed by atoms with E-state index in [9.17, 15) is 4.79 Å². The van der Waals surface area contributed by atoms with E-state index in [4.69, 9.17) is 11.6 Å². The summed E-state index contributed by atoms with van der Waals surface area (Å²) in [6.07, 6.45) is 2.80. The van der Waals surface area contributed by atoms with Crippen LogP contribution < -0.4 is 0 Å². The third kappa shape index (κ3) is 2.83. The minimum atomic E-state index is -0.210. The van der Waals surface area contributed by atoms with Gasteiger partial charge in [0.05, 0.1) is 30.1 Å². The second-order valence-electron chi connectivity index (χ2n) is 3.75. The topological polar surface area (TPSA) is 59.0 Å². The van der Waals surface area contributed by atoms with E-state index in [0.29, 0.717) is 6.54 Å². The highest BCUT2D eigenvalue weighted by Crippen LogP contribution is 2.15. The van der Waals surface area contributed by atoms with Crippen LogP contribution in [0.2, 0.25) is 5.15 Å². The first-order valence-corrected chi connectivity index (χ1v) is 6.45. The number of hydrogen-bond donors (Lipinski definition) is 0. The van der Waals surface area contributed by atoms with Crippen molar-refractivity contribution in [2.75, 3.05) is 7.05 Å². The first kappa shape index (κ1) is 12.9. The summed E-state index contributed by atoms with van der Waals surface area (Å²) in [6.45, 7) is 2.42. The van der Waals surface area contributed by atoms with Gasteiger partial charge in [-0.2, -0.15) is 0 Å². The molecule has 2 heterocycles. The number of aromatic nitrogens is 3. The highest BCUT2D eigenvalue weighted by atomic mass is 35.5. The fourth-order valence-corrected chi connectivity index (χ4v) is 2.38. The lowest BCUT2D eigenvalue weighted by Crippen LogP contribution is -2.27. The average molecular weight is 283 g/mol. The summed E-state index contributed by atoms with van der Waals surface area (Å²) >= 11 is 7.24. The number of halogens is 1. The molecule has 2 rings (SSSR count). The number of carbonyl (C=O) groups is 1. The van der Waals surface area contributed by atoms with Gasteiger partial charge in [0.1, 0.15) is 10.8 Å². The summed E-state index contributed by atoms with van der Waals surface area (Å²) in [5, 5.41) is 0.211. The Balaban J connectivity index is 2.12. The summed E-state index contributed by atoms with van der Waals surface area (Å²) in [5.41, 5.74) is 2.95. The Labute approximate surface area is 113 Å². The van der Waals surface area contributed by atoms with Crippen molar-refractivity contribution in [3.8, 4) is 0 Å². The summed E-state index contributed by atoms with van der Waals surface area (Å²) in [5.74, 6) is -0.210. The van der Waals surface area contributed by atoms with Crippen LogP contribution in [0.4, 0.5) is 0 Å². The Morgan fingerprint density at radius 2 is 2.28 bits per heavy atom. The summed E-state index contributed by atoms with van der Waals surface area (Å²) in [7, 11) is 1.71. The Morgan fingerprint density at radius 1 is 1.50 bits per heavy atom. The van der Waals surface area contributed by atoms with Crippen molar-refractivity contribution in [1.82, 2.24) is 19.9 Å². The Kier molecular flexibility index (Phi) is 3.88. The normalized spacial score (nSPS) is 10.4. The molecule has 0 atom stereocenters. The molecule has 2 aromatic rings. The third-order valence-corrected chi connectivity index (χ3v) is 3.50. The van der Waals surface area contributed by atoms with Crippen LogP contribution in [0.25, 0.3) is 0 Å². The molecule has 0 N–H and O–H groups in total. The van der Waals surface area contributed by atoms with E-state index in [1.54, 1.807) is 17.5 Å². The van der Waals surface area contributed by atoms with Gasteiger partial charge in [0.25, 0.3) is 5.91 Å². The lowest BCUT2D eigenvalue weighted by atomic mass is 10.3. The van der Waals surface area contributed by atoms with E-state index in [1.165, 1.54) is 23.7 Å². The van der Waals surface area contributed by atoms with Crippen molar-refractivity contribution in [2.24, 2.45) is 0 Å². The van der Waals surface area contributed by atoms with Crippen LogP contribution in [0.15, 0.2) is 17.9 Å². The SMILES string of the molecule is Cc1ncsc1CN(C)C(=O)c1cncc(Cl)n1. The molecule has 0 aliphatic carbocycles. The largest absolute Gasteiger partial charge is 0.335 e. The number of aryl methyl sites for hydroxylation is 1. The van der Waals surface area contributed by atoms with E-state index in [-0.39, 0.29) is 16.8 Å². The Hall–Kier alpha value is -1.53. The molecule has 0 fully saturated rings. The van der Waals surface area contributed by atoms with E-state index >= 15 is 0 Å². The van der Waals surface area contributed by atoms with E-state index < -0.39 is 0 Å². The van der Waals surface area contributed by atoms with Gasteiger partial charge in [-0.15, -0.1) is 11.3 Å². The standard InChI is InChI=1S/C11H11ClN4OS/c1-7-9(18-6-14-7)5-16(2)11(17)8-3-13-4-10(12)15-8/h3-4,6H,5H2,1-2H3. The zero-order valence-corrected chi connectivity index (χ0v) is 11.5. The predicted octanol–water partition coefficient (Wildman–Crippen LogP) is 2.17. The van der Waals surface area contributed by atoms with Crippen LogP contribution in [0.5, 0.6) is 0 Å². The van der Waals surface area contributed by atoms with E-state index in [2.05, 4.69) is 15.0 Å². The minimum Gasteiger partial charge on any atom is -0.335 e. The number of thiazole rings is 1. The number of carbonyl (C=O) groups excluding carboxylic acids is 1. The third-order valence-electron chi connectivity index (χ3n) is 2.40. The summed E-state index contributed by atoms with van der Waals surface area (Å²) < 4.78 is 0. The molecule has 5 nitrogen and oxygen atoms in total. The predicted molar refractivity (Wildman–Crippen MR) is 69.7 cm³/mol. The fraction of sp³-hybridized carbons (Fsp3) is 0.273. The van der Waals surface area contributed by atoms with Crippen LogP contribution in [0.3, 0.4) is 0 Å². The van der Waals surface area contributed by atoms with Crippen molar-refractivity contribution in [3.05, 3.63) is 39.3 Å². The molecule has 18 heavy (non-hydrogen) atoms. The zero-order chi connectivity index (χ0) is 13.1. The van der Waals surface area contributed by atoms with Gasteiger partial charge in [0.2, 0.25) is 0 Å². The first-order chi connectivity index (χ1) is 8.58. The quantitative estimate of drug-likeness (QED) is 0.866. The average Bonchev–Trinajstić information content (AvgIpc) is 2.74. The van der Waals surface area contributed by atoms with E-state index in [1.807, 2.05) is 6.92 Å². The maximum Gasteiger partial charge on any atom is 0.274 e. The molecule has 0 radical (unpaired) electrons. The van der Waals surface area contributed by atoms with Crippen molar-refractivity contribution >= 4 is 28.8 Å². The Bertz CT molecular complexity index is 572. The van der Waals surface area contributed by atoms with Crippen LogP contribution in [0.1, 0.15) is 21.1 Å². The van der Waals surface area contributed by atoms with Crippen LogP contribution >= 0.6 is 22.9 Å². The molecule has 0 saturated carbocycles. The highest BCUT2D eigenvalue weighted by molar-refractivity contribution is 7.09. The summed E-state index contributed by atoms with van der Waals surface area (Å²) in [4.78, 5) is 26.7. The van der Waals surface area contributed by atoms with Gasteiger partial charge in [-0.25, -0.2) is 9.97 Å². The number of hydrogen-bond acceptors (Lipinski definition) is 5. The smallest absolute Gasteiger partial charge is 0.274 e. The van der Waals surface area contributed by atoms with E-state index in [0.717, 1.165) is 10.6 Å². The van der Waals surface area contributed by atoms with Gasteiger partial charge < -0.3 is 4.90 Å². The second kappa shape index (κ2) is 5.41. The summed E-state index contributed by atoms with van der Waals surface area (Å²) in [6, 6.07) is 0. The van der Waals surface area contributed by atoms with Crippen molar-refractivity contribution in [3.63, 3.8) is 0 Å². The van der Waals surface area contributed by atoms with Gasteiger partial charge in [-0.05, 0) is 6.92 Å². The molecule has 1 amide bonds. The molecule has 94 valence electrons. The molecule has 0 spiro atoms. The maximum absolute atomic E-state index is 12.1. The van der Waals surface area contributed by atoms with Gasteiger partial charge in [0.15, 0.2) is 0 Å². The molecule has 0 aliphatic heterocycles. The van der Waals surface area contributed by atoms with Crippen LogP contribution in [0, 0.1) is 6.92 Å². The maximum atomic E-state index is 12.1. The molecule has 0 bridgehead atoms. The second-order valence-corrected chi connectivity index (χ2v) is 5.08. The number of amides is 1. The van der Waals surface area contributed by atoms with Gasteiger partial charge in [0, 0.05) is 11.9 Å².